The van der Waals surface area contributed by atoms with E-state index in [2.05, 4.69) is 6.58 Å². The Balaban J connectivity index is 0.00000196. The van der Waals surface area contributed by atoms with E-state index in [1.165, 1.54) is 6.07 Å². The highest BCUT2D eigenvalue weighted by molar-refractivity contribution is 5.85. The molecule has 0 bridgehead atoms. The van der Waals surface area contributed by atoms with Gasteiger partial charge in [-0.1, -0.05) is 6.08 Å². The van der Waals surface area contributed by atoms with Crippen LogP contribution >= 0.6 is 12.4 Å². The molecule has 1 rings (SSSR count). The molecule has 15 heavy (non-hydrogen) atoms. The number of benzene rings is 1. The van der Waals surface area contributed by atoms with Gasteiger partial charge in [-0.15, -0.1) is 19.0 Å². The van der Waals surface area contributed by atoms with Gasteiger partial charge in [0.25, 0.3) is 0 Å². The zero-order chi connectivity index (χ0) is 10.6. The first-order valence-corrected chi connectivity index (χ1v) is 4.28. The lowest BCUT2D eigenvalue weighted by molar-refractivity contribution is 0.461. The number of halogens is 1. The molecule has 0 saturated heterocycles. The third-order valence-electron chi connectivity index (χ3n) is 1.98. The summed E-state index contributed by atoms with van der Waals surface area (Å²) in [6, 6.07) is 6.33. The second kappa shape index (κ2) is 6.07. The van der Waals surface area contributed by atoms with Crippen molar-refractivity contribution >= 4 is 12.4 Å². The van der Waals surface area contributed by atoms with E-state index in [4.69, 9.17) is 11.0 Å². The Labute approximate surface area is 95.2 Å². The van der Waals surface area contributed by atoms with Crippen molar-refractivity contribution in [1.29, 1.82) is 5.26 Å². The van der Waals surface area contributed by atoms with Crippen LogP contribution in [0.3, 0.4) is 0 Å². The number of hydrogen-bond donors (Lipinski definition) is 2. The zero-order valence-corrected chi connectivity index (χ0v) is 9.00. The number of nitriles is 1. The largest absolute Gasteiger partial charge is 0.508 e. The van der Waals surface area contributed by atoms with Crippen LogP contribution < -0.4 is 5.73 Å². The van der Waals surface area contributed by atoms with Gasteiger partial charge < -0.3 is 10.8 Å². The summed E-state index contributed by atoms with van der Waals surface area (Å²) in [5.74, 6) is 0.123. The maximum absolute atomic E-state index is 9.50. The second-order valence-electron chi connectivity index (χ2n) is 3.02. The van der Waals surface area contributed by atoms with Crippen molar-refractivity contribution in [2.24, 2.45) is 5.73 Å². The predicted molar refractivity (Wildman–Crippen MR) is 61.8 cm³/mol. The van der Waals surface area contributed by atoms with Gasteiger partial charge in [-0.25, -0.2) is 0 Å². The molecule has 0 amide bonds. The fourth-order valence-corrected chi connectivity index (χ4v) is 1.23. The van der Waals surface area contributed by atoms with Crippen LogP contribution in [0.2, 0.25) is 0 Å². The van der Waals surface area contributed by atoms with Crippen LogP contribution in [-0.4, -0.2) is 5.11 Å². The van der Waals surface area contributed by atoms with E-state index in [1.54, 1.807) is 18.2 Å². The number of nitrogens with zero attached hydrogens (tertiary/aromatic N) is 1. The van der Waals surface area contributed by atoms with Crippen LogP contribution in [0.5, 0.6) is 5.75 Å². The van der Waals surface area contributed by atoms with Crippen LogP contribution in [0.1, 0.15) is 23.6 Å². The van der Waals surface area contributed by atoms with Crippen molar-refractivity contribution in [3.8, 4) is 11.8 Å². The van der Waals surface area contributed by atoms with E-state index in [0.29, 0.717) is 17.5 Å². The molecule has 0 saturated carbocycles. The number of phenolic OH excluding ortho intramolecular Hbond substituents is 1. The van der Waals surface area contributed by atoms with Crippen molar-refractivity contribution in [2.45, 2.75) is 12.5 Å². The average Bonchev–Trinajstić information content (AvgIpc) is 2.19. The Morgan fingerprint density at radius 2 is 2.27 bits per heavy atom. The first-order chi connectivity index (χ1) is 6.69. The van der Waals surface area contributed by atoms with Crippen molar-refractivity contribution in [1.82, 2.24) is 0 Å². The molecular formula is C11H13ClN2O. The first-order valence-electron chi connectivity index (χ1n) is 4.28. The minimum absolute atomic E-state index is 0. The van der Waals surface area contributed by atoms with Crippen LogP contribution in [0.25, 0.3) is 0 Å². The van der Waals surface area contributed by atoms with Gasteiger partial charge in [0.2, 0.25) is 0 Å². The second-order valence-corrected chi connectivity index (χ2v) is 3.02. The van der Waals surface area contributed by atoms with E-state index < -0.39 is 0 Å². The molecule has 0 radical (unpaired) electrons. The number of phenols is 1. The summed E-state index contributed by atoms with van der Waals surface area (Å²) in [6.07, 6.45) is 2.26. The molecule has 1 aromatic rings. The van der Waals surface area contributed by atoms with Crippen LogP contribution in [-0.2, 0) is 0 Å². The molecule has 1 aromatic carbocycles. The highest BCUT2D eigenvalue weighted by atomic mass is 35.5. The van der Waals surface area contributed by atoms with E-state index in [-0.39, 0.29) is 24.2 Å². The van der Waals surface area contributed by atoms with E-state index in [9.17, 15) is 5.11 Å². The Kier molecular flexibility index (Phi) is 5.46. The van der Waals surface area contributed by atoms with Gasteiger partial charge in [-0.05, 0) is 24.6 Å². The highest BCUT2D eigenvalue weighted by Gasteiger charge is 2.09. The van der Waals surface area contributed by atoms with Crippen LogP contribution in [0, 0.1) is 11.3 Å². The van der Waals surface area contributed by atoms with Gasteiger partial charge in [0.05, 0.1) is 11.6 Å². The summed E-state index contributed by atoms with van der Waals surface area (Å²) >= 11 is 0. The molecule has 3 nitrogen and oxygen atoms in total. The lowest BCUT2D eigenvalue weighted by atomic mass is 10.0. The van der Waals surface area contributed by atoms with E-state index >= 15 is 0 Å². The predicted octanol–water partition coefficient (Wildman–Crippen LogP) is 2.26. The molecule has 0 spiro atoms. The first kappa shape index (κ1) is 13.5. The molecule has 0 aliphatic rings. The highest BCUT2D eigenvalue weighted by Crippen LogP contribution is 2.25. The van der Waals surface area contributed by atoms with Crippen LogP contribution in [0.15, 0.2) is 30.9 Å². The van der Waals surface area contributed by atoms with E-state index in [0.717, 1.165) is 0 Å². The van der Waals surface area contributed by atoms with Crippen molar-refractivity contribution < 1.29 is 5.11 Å². The lowest BCUT2D eigenvalue weighted by Gasteiger charge is -2.11. The normalized spacial score (nSPS) is 10.9. The zero-order valence-electron chi connectivity index (χ0n) is 8.18. The quantitative estimate of drug-likeness (QED) is 0.774. The third-order valence-corrected chi connectivity index (χ3v) is 1.98. The Hall–Kier alpha value is -1.50. The number of aromatic hydroxyl groups is 1. The molecule has 80 valence electrons. The van der Waals surface area contributed by atoms with Gasteiger partial charge in [-0.2, -0.15) is 5.26 Å². The third kappa shape index (κ3) is 3.28. The van der Waals surface area contributed by atoms with Gasteiger partial charge in [0.15, 0.2) is 0 Å². The smallest absolute Gasteiger partial charge is 0.120 e. The van der Waals surface area contributed by atoms with Crippen molar-refractivity contribution in [3.63, 3.8) is 0 Å². The monoisotopic (exact) mass is 224 g/mol. The van der Waals surface area contributed by atoms with Crippen molar-refractivity contribution in [3.05, 3.63) is 42.0 Å². The van der Waals surface area contributed by atoms with Gasteiger partial charge >= 0.3 is 0 Å². The topological polar surface area (TPSA) is 70.0 Å². The molecule has 4 heteroatoms. The van der Waals surface area contributed by atoms with Gasteiger partial charge in [-0.3, -0.25) is 0 Å². The lowest BCUT2D eigenvalue weighted by Crippen LogP contribution is -2.09. The summed E-state index contributed by atoms with van der Waals surface area (Å²) in [4.78, 5) is 0. The fraction of sp³-hybridized carbons (Fsp3) is 0.182. The summed E-state index contributed by atoms with van der Waals surface area (Å²) in [7, 11) is 0. The minimum Gasteiger partial charge on any atom is -0.508 e. The number of rotatable bonds is 3. The molecule has 0 heterocycles. The summed E-state index contributed by atoms with van der Waals surface area (Å²) in [6.45, 7) is 3.57. The Morgan fingerprint density at radius 3 is 2.80 bits per heavy atom. The molecule has 3 N–H and O–H groups in total. The summed E-state index contributed by atoms with van der Waals surface area (Å²) in [5, 5.41) is 18.2. The molecule has 0 unspecified atom stereocenters. The average molecular weight is 225 g/mol. The number of nitrogens with two attached hydrogens (primary N) is 1. The fourth-order valence-electron chi connectivity index (χ4n) is 1.23. The molecule has 0 aliphatic carbocycles. The minimum atomic E-state index is -0.305. The summed E-state index contributed by atoms with van der Waals surface area (Å²) in [5.41, 5.74) is 6.87. The van der Waals surface area contributed by atoms with Crippen molar-refractivity contribution in [2.75, 3.05) is 0 Å². The number of hydrogen-bond acceptors (Lipinski definition) is 3. The maximum atomic E-state index is 9.50. The van der Waals surface area contributed by atoms with E-state index in [1.807, 2.05) is 6.07 Å². The molecule has 0 fully saturated rings. The van der Waals surface area contributed by atoms with Gasteiger partial charge in [0.1, 0.15) is 5.75 Å². The summed E-state index contributed by atoms with van der Waals surface area (Å²) < 4.78 is 0. The Bertz CT molecular complexity index is 385. The van der Waals surface area contributed by atoms with Gasteiger partial charge in [0, 0.05) is 11.6 Å². The molecule has 1 atom stereocenters. The molecular weight excluding hydrogens is 212 g/mol. The SMILES string of the molecule is C=CC[C@@H](N)c1cc(C#N)ccc1O.Cl. The molecule has 0 aromatic heterocycles. The maximum Gasteiger partial charge on any atom is 0.120 e. The molecule has 0 aliphatic heterocycles. The Morgan fingerprint density at radius 1 is 1.60 bits per heavy atom. The standard InChI is InChI=1S/C11H12N2O.ClH/c1-2-3-10(13)9-6-8(7-12)4-5-11(9)14;/h2,4-6,10,14H,1,3,13H2;1H/t10-;/m1./s1. The van der Waals surface area contributed by atoms with Crippen LogP contribution in [0.4, 0.5) is 0 Å².